The summed E-state index contributed by atoms with van der Waals surface area (Å²) in [4.78, 5) is 19.3. The van der Waals surface area contributed by atoms with Gasteiger partial charge in [-0.3, -0.25) is 4.79 Å². The largest absolute Gasteiger partial charge is 0.393 e. The lowest BCUT2D eigenvalue weighted by molar-refractivity contribution is -0.183. The quantitative estimate of drug-likeness (QED) is 0.520. The van der Waals surface area contributed by atoms with Crippen LogP contribution < -0.4 is 16.0 Å². The third-order valence-electron chi connectivity index (χ3n) is 8.62. The van der Waals surface area contributed by atoms with Crippen LogP contribution in [0, 0.1) is 17.8 Å². The minimum atomic E-state index is -4.40. The van der Waals surface area contributed by atoms with E-state index in [1.807, 2.05) is 18.0 Å². The average Bonchev–Trinajstić information content (AvgIpc) is 3.31. The molecule has 4 heterocycles. The SMILES string of the molecule is CN(c1cc2nc([C@@H](N)C3CCC(F)(F)CC3)cn2nc1C[C@@H]1C[C@@H](C(F)(F)F)CNC1=O)C1CCOCC1. The van der Waals surface area contributed by atoms with Crippen LogP contribution >= 0.6 is 0 Å². The van der Waals surface area contributed by atoms with Crippen LogP contribution in [0.15, 0.2) is 12.3 Å². The van der Waals surface area contributed by atoms with Gasteiger partial charge >= 0.3 is 6.18 Å². The van der Waals surface area contributed by atoms with E-state index in [0.29, 0.717) is 48.8 Å². The Bertz CT molecular complexity index is 1170. The molecule has 3 atom stereocenters. The number of imidazole rings is 1. The fourth-order valence-electron chi connectivity index (χ4n) is 6.07. The number of alkyl halides is 5. The predicted octanol–water partition coefficient (Wildman–Crippen LogP) is 4.03. The molecule has 2 aliphatic heterocycles. The van der Waals surface area contributed by atoms with Gasteiger partial charge in [0.2, 0.25) is 11.8 Å². The lowest BCUT2D eigenvalue weighted by Gasteiger charge is -2.35. The first-order valence-corrected chi connectivity index (χ1v) is 13.6. The maximum atomic E-state index is 13.7. The van der Waals surface area contributed by atoms with Crippen molar-refractivity contribution in [1.29, 1.82) is 0 Å². The fourth-order valence-corrected chi connectivity index (χ4v) is 6.07. The van der Waals surface area contributed by atoms with Crippen molar-refractivity contribution in [2.24, 2.45) is 23.5 Å². The molecule has 1 saturated carbocycles. The van der Waals surface area contributed by atoms with Gasteiger partial charge in [0, 0.05) is 64.1 Å². The Balaban J connectivity index is 1.45. The van der Waals surface area contributed by atoms with E-state index in [4.69, 9.17) is 15.6 Å². The Hall–Kier alpha value is -2.54. The number of carbonyl (C=O) groups excluding carboxylic acids is 1. The van der Waals surface area contributed by atoms with Crippen LogP contribution in [0.1, 0.15) is 62.4 Å². The van der Waals surface area contributed by atoms with Gasteiger partial charge in [0.25, 0.3) is 0 Å². The van der Waals surface area contributed by atoms with Gasteiger partial charge in [-0.05, 0) is 38.0 Å². The molecule has 0 radical (unpaired) electrons. The second-order valence-electron chi connectivity index (χ2n) is 11.2. The molecule has 1 amide bonds. The van der Waals surface area contributed by atoms with Gasteiger partial charge in [-0.15, -0.1) is 0 Å². The normalized spacial score (nSPS) is 26.0. The molecule has 3 fully saturated rings. The first-order chi connectivity index (χ1) is 18.4. The molecule has 3 aliphatic rings. The summed E-state index contributed by atoms with van der Waals surface area (Å²) in [7, 11) is 1.91. The van der Waals surface area contributed by atoms with Crippen molar-refractivity contribution in [3.63, 3.8) is 0 Å². The molecule has 13 heteroatoms. The molecule has 3 N–H and O–H groups in total. The highest BCUT2D eigenvalue weighted by Crippen LogP contribution is 2.41. The molecule has 0 unspecified atom stereocenters. The number of fused-ring (bicyclic) bond motifs is 1. The molecule has 0 aromatic carbocycles. The number of anilines is 1. The molecule has 2 aromatic heterocycles. The minimum Gasteiger partial charge on any atom is -0.381 e. The average molecular weight is 559 g/mol. The number of halogens is 5. The van der Waals surface area contributed by atoms with Crippen LogP contribution in [0.25, 0.3) is 5.65 Å². The minimum absolute atomic E-state index is 0.0362. The van der Waals surface area contributed by atoms with Crippen LogP contribution in [0.5, 0.6) is 0 Å². The van der Waals surface area contributed by atoms with Crippen molar-refractivity contribution in [3.05, 3.63) is 23.7 Å². The number of carbonyl (C=O) groups is 1. The van der Waals surface area contributed by atoms with Crippen molar-refractivity contribution < 1.29 is 31.5 Å². The third-order valence-corrected chi connectivity index (χ3v) is 8.62. The summed E-state index contributed by atoms with van der Waals surface area (Å²) in [5.41, 5.74) is 8.69. The summed E-state index contributed by atoms with van der Waals surface area (Å²) in [6.07, 6.45) is -1.26. The van der Waals surface area contributed by atoms with Crippen LogP contribution in [-0.2, 0) is 16.0 Å². The highest BCUT2D eigenvalue weighted by atomic mass is 19.4. The maximum Gasteiger partial charge on any atom is 0.393 e. The van der Waals surface area contributed by atoms with E-state index in [2.05, 4.69) is 10.3 Å². The monoisotopic (exact) mass is 558 g/mol. The Morgan fingerprint density at radius 2 is 1.92 bits per heavy atom. The number of piperidine rings is 1. The molecule has 2 aromatic rings. The number of rotatable bonds is 6. The summed E-state index contributed by atoms with van der Waals surface area (Å²) in [5, 5.41) is 7.14. The fraction of sp³-hybridized carbons (Fsp3) is 0.731. The van der Waals surface area contributed by atoms with Crippen molar-refractivity contribution in [3.8, 4) is 0 Å². The molecule has 1 aliphatic carbocycles. The van der Waals surface area contributed by atoms with Crippen molar-refractivity contribution >= 4 is 17.2 Å². The van der Waals surface area contributed by atoms with Gasteiger partial charge < -0.3 is 20.7 Å². The van der Waals surface area contributed by atoms with Gasteiger partial charge in [-0.25, -0.2) is 18.3 Å². The lowest BCUT2D eigenvalue weighted by atomic mass is 9.81. The van der Waals surface area contributed by atoms with Crippen molar-refractivity contribution in [1.82, 2.24) is 19.9 Å². The number of ether oxygens (including phenoxy) is 1. The van der Waals surface area contributed by atoms with E-state index in [0.717, 1.165) is 12.8 Å². The molecular formula is C26H35F5N6O2. The third kappa shape index (κ3) is 6.13. The van der Waals surface area contributed by atoms with Crippen molar-refractivity contribution in [2.45, 2.75) is 75.5 Å². The zero-order valence-electron chi connectivity index (χ0n) is 21.9. The number of hydrogen-bond acceptors (Lipinski definition) is 6. The number of hydrogen-bond donors (Lipinski definition) is 2. The molecule has 39 heavy (non-hydrogen) atoms. The molecular weight excluding hydrogens is 523 g/mol. The van der Waals surface area contributed by atoms with Gasteiger partial charge in [-0.2, -0.15) is 18.3 Å². The second-order valence-corrected chi connectivity index (χ2v) is 11.2. The first-order valence-electron chi connectivity index (χ1n) is 13.6. The zero-order chi connectivity index (χ0) is 27.9. The van der Waals surface area contributed by atoms with E-state index in [-0.39, 0.29) is 37.6 Å². The molecule has 216 valence electrons. The molecule has 5 rings (SSSR count). The van der Waals surface area contributed by atoms with Crippen LogP contribution in [0.3, 0.4) is 0 Å². The van der Waals surface area contributed by atoms with E-state index >= 15 is 0 Å². The van der Waals surface area contributed by atoms with E-state index in [1.54, 1.807) is 6.20 Å². The number of amides is 1. The Morgan fingerprint density at radius 1 is 1.23 bits per heavy atom. The summed E-state index contributed by atoms with van der Waals surface area (Å²) in [5.74, 6) is -5.71. The molecule has 0 bridgehead atoms. The predicted molar refractivity (Wildman–Crippen MR) is 133 cm³/mol. The maximum absolute atomic E-state index is 13.7. The number of nitrogens with two attached hydrogens (primary N) is 1. The molecule has 2 saturated heterocycles. The van der Waals surface area contributed by atoms with Gasteiger partial charge in [0.15, 0.2) is 5.65 Å². The van der Waals surface area contributed by atoms with E-state index in [1.165, 1.54) is 4.52 Å². The standard InChI is InChI=1S/C26H35F5N6O2/c1-36(18-4-8-39-9-5-18)21-12-22-34-20(23(32)15-2-6-25(27,28)7-3-15)14-37(22)35-19(21)11-16-10-17(26(29,30)31)13-33-24(16)38/h12,14-18,23H,2-11,13,32H2,1H3,(H,33,38)/t16-,17+,23-/m0/s1. The van der Waals surface area contributed by atoms with Gasteiger partial charge in [0.1, 0.15) is 0 Å². The molecule has 0 spiro atoms. The Labute approximate surface area is 223 Å². The summed E-state index contributed by atoms with van der Waals surface area (Å²) in [6.45, 7) is 0.776. The summed E-state index contributed by atoms with van der Waals surface area (Å²) in [6, 6.07) is 1.41. The highest BCUT2D eigenvalue weighted by molar-refractivity contribution is 5.80. The topological polar surface area (TPSA) is 97.8 Å². The van der Waals surface area contributed by atoms with Gasteiger partial charge in [-0.1, -0.05) is 0 Å². The van der Waals surface area contributed by atoms with Gasteiger partial charge in [0.05, 0.1) is 35.2 Å². The number of nitrogens with one attached hydrogen (secondary N) is 1. The number of aromatic nitrogens is 3. The first kappa shape index (κ1) is 28.0. The number of nitrogens with zero attached hydrogens (tertiary/aromatic N) is 4. The Kier molecular flexibility index (Phi) is 7.75. The lowest BCUT2D eigenvalue weighted by Crippen LogP contribution is -2.47. The summed E-state index contributed by atoms with van der Waals surface area (Å²) >= 11 is 0. The second kappa shape index (κ2) is 10.8. The van der Waals surface area contributed by atoms with E-state index < -0.39 is 42.4 Å². The Morgan fingerprint density at radius 3 is 2.59 bits per heavy atom. The van der Waals surface area contributed by atoms with Crippen LogP contribution in [0.4, 0.5) is 27.6 Å². The van der Waals surface area contributed by atoms with E-state index in [9.17, 15) is 26.7 Å². The highest BCUT2D eigenvalue weighted by Gasteiger charge is 2.45. The van der Waals surface area contributed by atoms with Crippen molar-refractivity contribution in [2.75, 3.05) is 31.7 Å². The smallest absolute Gasteiger partial charge is 0.381 e. The molecule has 8 nitrogen and oxygen atoms in total. The van der Waals surface area contributed by atoms with Crippen LogP contribution in [-0.4, -0.2) is 65.5 Å². The van der Waals surface area contributed by atoms with Crippen LogP contribution in [0.2, 0.25) is 0 Å². The zero-order valence-corrected chi connectivity index (χ0v) is 21.9. The summed E-state index contributed by atoms with van der Waals surface area (Å²) < 4.78 is 74.7.